The van der Waals surface area contributed by atoms with Crippen molar-refractivity contribution in [2.24, 2.45) is 0 Å². The molecule has 1 aliphatic carbocycles. The molecule has 4 atom stereocenters. The van der Waals surface area contributed by atoms with Gasteiger partial charge in [0.2, 0.25) is 0 Å². The number of fused-ring (bicyclic) bond motifs is 3. The van der Waals surface area contributed by atoms with Crippen LogP contribution in [0.2, 0.25) is 0 Å². The summed E-state index contributed by atoms with van der Waals surface area (Å²) in [5, 5.41) is 18.4. The second-order valence-electron chi connectivity index (χ2n) is 5.20. The average Bonchev–Trinajstić information content (AvgIpc) is 2.98. The number of nitrogens with zero attached hydrogens (tertiary/aromatic N) is 1. The molecule has 0 saturated heterocycles. The topological polar surface area (TPSA) is 95.4 Å². The molecule has 0 aromatic carbocycles. The Hall–Kier alpha value is -2.02. The van der Waals surface area contributed by atoms with E-state index in [4.69, 9.17) is 0 Å². The van der Waals surface area contributed by atoms with Gasteiger partial charge in [-0.1, -0.05) is 0 Å². The number of nitrogens with one attached hydrogen (secondary N) is 3. The first-order valence-electron chi connectivity index (χ1n) is 6.82. The van der Waals surface area contributed by atoms with E-state index in [9.17, 15) is 14.7 Å². The lowest BCUT2D eigenvalue weighted by Crippen LogP contribution is -2.58. The van der Waals surface area contributed by atoms with Gasteiger partial charge in [0, 0.05) is 12.7 Å². The fourth-order valence-electron chi connectivity index (χ4n) is 3.14. The summed E-state index contributed by atoms with van der Waals surface area (Å²) in [7, 11) is 0. The number of amides is 3. The quantitative estimate of drug-likeness (QED) is 0.592. The number of aliphatic hydroxyl groups excluding tert-OH is 1. The van der Waals surface area contributed by atoms with Gasteiger partial charge in [-0.25, -0.2) is 4.79 Å². The van der Waals surface area contributed by atoms with Gasteiger partial charge in [0.25, 0.3) is 5.91 Å². The normalized spacial score (nSPS) is 31.2. The maximum Gasteiger partial charge on any atom is 0.315 e. The lowest BCUT2D eigenvalue weighted by atomic mass is 10.1. The van der Waals surface area contributed by atoms with Crippen molar-refractivity contribution in [1.29, 1.82) is 0 Å². The van der Waals surface area contributed by atoms with E-state index in [0.717, 1.165) is 0 Å². The van der Waals surface area contributed by atoms with E-state index in [0.29, 0.717) is 18.7 Å². The molecule has 3 amide bonds. The zero-order valence-electron chi connectivity index (χ0n) is 11.2. The Balaban J connectivity index is 1.83. The van der Waals surface area contributed by atoms with Crippen molar-refractivity contribution in [3.63, 3.8) is 0 Å². The van der Waals surface area contributed by atoms with Crippen LogP contribution in [0.1, 0.15) is 29.9 Å². The van der Waals surface area contributed by atoms with Crippen LogP contribution in [0.15, 0.2) is 18.3 Å². The first-order chi connectivity index (χ1) is 9.61. The van der Waals surface area contributed by atoms with Crippen LogP contribution in [0.4, 0.5) is 4.79 Å². The highest BCUT2D eigenvalue weighted by Crippen LogP contribution is 2.35. The van der Waals surface area contributed by atoms with Crippen molar-refractivity contribution in [2.45, 2.75) is 37.6 Å². The van der Waals surface area contributed by atoms with Crippen LogP contribution in [0.3, 0.4) is 0 Å². The molecular formula is C13H18N4O3. The maximum atomic E-state index is 12.0. The molecule has 1 aromatic heterocycles. The number of aliphatic hydroxyl groups is 1. The van der Waals surface area contributed by atoms with E-state index >= 15 is 0 Å². The highest BCUT2D eigenvalue weighted by atomic mass is 16.3. The maximum absolute atomic E-state index is 12.0. The van der Waals surface area contributed by atoms with Crippen LogP contribution < -0.4 is 16.0 Å². The van der Waals surface area contributed by atoms with Gasteiger partial charge in [0.05, 0.1) is 24.2 Å². The molecule has 1 aromatic rings. The molecule has 4 N–H and O–H groups in total. The molecule has 3 rings (SSSR count). The lowest BCUT2D eigenvalue weighted by molar-refractivity contribution is 0.0874. The zero-order valence-corrected chi connectivity index (χ0v) is 11.2. The van der Waals surface area contributed by atoms with Crippen molar-refractivity contribution in [2.75, 3.05) is 6.54 Å². The minimum absolute atomic E-state index is 0.0281. The Labute approximate surface area is 116 Å². The first-order valence-corrected chi connectivity index (χ1v) is 6.82. The molecule has 4 unspecified atom stereocenters. The smallest absolute Gasteiger partial charge is 0.315 e. The number of rotatable bonds is 2. The largest absolute Gasteiger partial charge is 0.391 e. The van der Waals surface area contributed by atoms with Crippen LogP contribution in [0.25, 0.3) is 0 Å². The van der Waals surface area contributed by atoms with Crippen molar-refractivity contribution in [3.8, 4) is 0 Å². The minimum atomic E-state index is -0.679. The van der Waals surface area contributed by atoms with Crippen molar-refractivity contribution >= 4 is 11.9 Å². The number of urea groups is 1. The Morgan fingerprint density at radius 2 is 2.40 bits per heavy atom. The van der Waals surface area contributed by atoms with E-state index in [1.807, 2.05) is 23.8 Å². The highest BCUT2D eigenvalue weighted by Gasteiger charge is 2.48. The molecular weight excluding hydrogens is 260 g/mol. The zero-order chi connectivity index (χ0) is 14.3. The monoisotopic (exact) mass is 278 g/mol. The Morgan fingerprint density at radius 1 is 1.60 bits per heavy atom. The third-order valence-corrected chi connectivity index (χ3v) is 4.00. The predicted molar refractivity (Wildman–Crippen MR) is 71.3 cm³/mol. The van der Waals surface area contributed by atoms with Gasteiger partial charge in [0.15, 0.2) is 0 Å². The molecule has 20 heavy (non-hydrogen) atoms. The molecule has 7 heteroatoms. The molecule has 1 fully saturated rings. The lowest BCUT2D eigenvalue weighted by Gasteiger charge is -2.32. The third-order valence-electron chi connectivity index (χ3n) is 4.00. The van der Waals surface area contributed by atoms with E-state index < -0.39 is 12.1 Å². The number of carbonyl (C=O) groups excluding carboxylic acids is 2. The van der Waals surface area contributed by atoms with E-state index in [2.05, 4.69) is 16.0 Å². The highest BCUT2D eigenvalue weighted by molar-refractivity contribution is 5.94. The molecule has 0 radical (unpaired) electrons. The number of hydrogen-bond acceptors (Lipinski definition) is 3. The van der Waals surface area contributed by atoms with E-state index in [1.165, 1.54) is 0 Å². The van der Waals surface area contributed by atoms with Gasteiger partial charge in [-0.15, -0.1) is 0 Å². The summed E-state index contributed by atoms with van der Waals surface area (Å²) in [4.78, 5) is 23.7. The number of carbonyl (C=O) groups is 2. The SMILES string of the molecule is CCNC(=O)NC1C(O)CC2C1NC(=O)c1cccn12. The van der Waals surface area contributed by atoms with Crippen LogP contribution in [0, 0.1) is 0 Å². The molecule has 2 aliphatic rings. The fourth-order valence-corrected chi connectivity index (χ4v) is 3.14. The summed E-state index contributed by atoms with van der Waals surface area (Å²) in [6.07, 6.45) is 1.66. The van der Waals surface area contributed by atoms with Gasteiger partial charge in [-0.2, -0.15) is 0 Å². The molecule has 7 nitrogen and oxygen atoms in total. The molecule has 0 bridgehead atoms. The molecule has 108 valence electrons. The first kappa shape index (κ1) is 13.0. The van der Waals surface area contributed by atoms with E-state index in [1.54, 1.807) is 6.07 Å². The molecule has 1 aliphatic heterocycles. The van der Waals surface area contributed by atoms with Crippen molar-refractivity contribution < 1.29 is 14.7 Å². The molecule has 0 spiro atoms. The van der Waals surface area contributed by atoms with Gasteiger partial charge in [0.1, 0.15) is 5.69 Å². The van der Waals surface area contributed by atoms with Crippen LogP contribution in [-0.2, 0) is 0 Å². The number of hydrogen-bond donors (Lipinski definition) is 4. The molecule has 2 heterocycles. The predicted octanol–water partition coefficient (Wildman–Crippen LogP) is -0.406. The Bertz CT molecular complexity index is 541. The standard InChI is InChI=1S/C13H18N4O3/c1-2-14-13(20)16-11-9(18)6-8-10(11)15-12(19)7-4-3-5-17(7)8/h3-5,8-11,18H,2,6H2,1H3,(H,15,19)(H2,14,16,20). The Morgan fingerprint density at radius 3 is 3.15 bits per heavy atom. The number of aromatic nitrogens is 1. The molecule has 1 saturated carbocycles. The van der Waals surface area contributed by atoms with Gasteiger partial charge < -0.3 is 25.6 Å². The minimum Gasteiger partial charge on any atom is -0.391 e. The average molecular weight is 278 g/mol. The van der Waals surface area contributed by atoms with Crippen molar-refractivity contribution in [1.82, 2.24) is 20.5 Å². The Kier molecular flexibility index (Phi) is 3.13. The van der Waals surface area contributed by atoms with Crippen molar-refractivity contribution in [3.05, 3.63) is 24.0 Å². The second-order valence-corrected chi connectivity index (χ2v) is 5.20. The summed E-state index contributed by atoms with van der Waals surface area (Å²) >= 11 is 0. The summed E-state index contributed by atoms with van der Waals surface area (Å²) in [6.45, 7) is 2.33. The summed E-state index contributed by atoms with van der Waals surface area (Å²) in [5.74, 6) is -0.173. The summed E-state index contributed by atoms with van der Waals surface area (Å²) in [6, 6.07) is 2.44. The fraction of sp³-hybridized carbons (Fsp3) is 0.538. The van der Waals surface area contributed by atoms with E-state index in [-0.39, 0.29) is 24.0 Å². The third kappa shape index (κ3) is 1.94. The summed E-state index contributed by atoms with van der Waals surface area (Å²) in [5.41, 5.74) is 0.595. The van der Waals surface area contributed by atoms with Gasteiger partial charge >= 0.3 is 6.03 Å². The van der Waals surface area contributed by atoms with Crippen LogP contribution >= 0.6 is 0 Å². The summed E-state index contributed by atoms with van der Waals surface area (Å²) < 4.78 is 1.88. The van der Waals surface area contributed by atoms with Gasteiger partial charge in [-0.05, 0) is 25.5 Å². The van der Waals surface area contributed by atoms with Crippen LogP contribution in [0.5, 0.6) is 0 Å². The second kappa shape index (κ2) is 4.82. The van der Waals surface area contributed by atoms with Crippen LogP contribution in [-0.4, -0.2) is 46.3 Å². The van der Waals surface area contributed by atoms with Gasteiger partial charge in [-0.3, -0.25) is 4.79 Å².